The quantitative estimate of drug-likeness (QED) is 0.363. The second-order valence-corrected chi connectivity index (χ2v) is 7.14. The predicted molar refractivity (Wildman–Crippen MR) is 108 cm³/mol. The summed E-state index contributed by atoms with van der Waals surface area (Å²) in [7, 11) is 0. The lowest BCUT2D eigenvalue weighted by Gasteiger charge is -2.15. The van der Waals surface area contributed by atoms with Gasteiger partial charge in [-0.1, -0.05) is 23.2 Å². The molecule has 2 nitrogen and oxygen atoms in total. The molecule has 0 bridgehead atoms. The van der Waals surface area contributed by atoms with Crippen molar-refractivity contribution in [2.45, 2.75) is 0 Å². The molecule has 28 heavy (non-hydrogen) atoms. The van der Waals surface area contributed by atoms with E-state index in [0.717, 1.165) is 12.1 Å². The van der Waals surface area contributed by atoms with E-state index >= 15 is 0 Å². The van der Waals surface area contributed by atoms with Crippen molar-refractivity contribution >= 4 is 34.0 Å². The summed E-state index contributed by atoms with van der Waals surface area (Å²) in [5.74, 6) is -1.52. The maximum absolute atomic E-state index is 14.5. The molecule has 0 aromatic heterocycles. The van der Waals surface area contributed by atoms with Crippen LogP contribution in [-0.4, -0.2) is 10.2 Å². The fourth-order valence-electron chi connectivity index (χ4n) is 3.33. The molecule has 6 heteroatoms. The van der Waals surface area contributed by atoms with E-state index in [4.69, 9.17) is 23.2 Å². The third-order valence-electron chi connectivity index (χ3n) is 4.56. The lowest BCUT2D eigenvalue weighted by Crippen LogP contribution is -1.91. The normalized spacial score (nSPS) is 11.1. The van der Waals surface area contributed by atoms with E-state index in [1.54, 1.807) is 12.1 Å². The Hall–Kier alpha value is -2.82. The summed E-state index contributed by atoms with van der Waals surface area (Å²) in [6, 6.07) is 14.1. The Labute approximate surface area is 169 Å². The number of fused-ring (bicyclic) bond motifs is 1. The van der Waals surface area contributed by atoms with Gasteiger partial charge in [-0.05, 0) is 71.4 Å². The van der Waals surface area contributed by atoms with Crippen LogP contribution in [-0.2, 0) is 0 Å². The number of benzene rings is 4. The van der Waals surface area contributed by atoms with E-state index in [1.165, 1.54) is 36.4 Å². The van der Waals surface area contributed by atoms with Gasteiger partial charge in [-0.25, -0.2) is 8.78 Å². The first kappa shape index (κ1) is 18.5. The van der Waals surface area contributed by atoms with Crippen LogP contribution in [0.2, 0.25) is 10.0 Å². The maximum atomic E-state index is 14.5. The summed E-state index contributed by atoms with van der Waals surface area (Å²) in [6.07, 6.45) is 0. The number of halogens is 4. The summed E-state index contributed by atoms with van der Waals surface area (Å²) >= 11 is 11.7. The van der Waals surface area contributed by atoms with E-state index in [9.17, 15) is 19.0 Å². The van der Waals surface area contributed by atoms with Crippen LogP contribution in [0.1, 0.15) is 0 Å². The molecule has 0 aliphatic heterocycles. The smallest absolute Gasteiger partial charge is 0.132 e. The van der Waals surface area contributed by atoms with E-state index in [2.05, 4.69) is 0 Å². The van der Waals surface area contributed by atoms with Gasteiger partial charge in [0.05, 0.1) is 0 Å². The van der Waals surface area contributed by atoms with Crippen LogP contribution in [0.4, 0.5) is 8.78 Å². The molecule has 0 unspecified atom stereocenters. The van der Waals surface area contributed by atoms with E-state index in [-0.39, 0.29) is 43.8 Å². The first-order valence-corrected chi connectivity index (χ1v) is 9.01. The zero-order chi connectivity index (χ0) is 20.0. The third kappa shape index (κ3) is 3.05. The van der Waals surface area contributed by atoms with Crippen molar-refractivity contribution in [3.63, 3.8) is 0 Å². The Morgan fingerprint density at radius 3 is 1.32 bits per heavy atom. The van der Waals surface area contributed by atoms with Gasteiger partial charge in [0.2, 0.25) is 0 Å². The SMILES string of the molecule is Oc1ccc2c(-c3ccc(Cl)cc3F)c(O)ccc2c1-c1ccc(Cl)cc1F. The minimum Gasteiger partial charge on any atom is -0.507 e. The third-order valence-corrected chi connectivity index (χ3v) is 5.03. The zero-order valence-corrected chi connectivity index (χ0v) is 15.7. The van der Waals surface area contributed by atoms with Crippen LogP contribution in [0.5, 0.6) is 11.5 Å². The highest BCUT2D eigenvalue weighted by Gasteiger charge is 2.19. The van der Waals surface area contributed by atoms with Crippen LogP contribution in [0, 0.1) is 11.6 Å². The van der Waals surface area contributed by atoms with E-state index in [0.29, 0.717) is 10.8 Å². The second kappa shape index (κ2) is 6.97. The molecular weight excluding hydrogens is 405 g/mol. The summed E-state index contributed by atoms with van der Waals surface area (Å²) < 4.78 is 29.1. The molecule has 0 spiro atoms. The lowest BCUT2D eigenvalue weighted by molar-refractivity contribution is 0.475. The molecule has 0 saturated heterocycles. The standard InChI is InChI=1S/C22H12Cl2F2O2/c23-11-1-3-15(17(25)9-11)21-13-5-8-20(28)22(14(13)6-7-19(21)27)16-4-2-12(24)10-18(16)26/h1-10,27-28H. The predicted octanol–water partition coefficient (Wildman–Crippen LogP) is 7.17. The number of hydrogen-bond acceptors (Lipinski definition) is 2. The first-order valence-electron chi connectivity index (χ1n) is 8.25. The summed E-state index contributed by atoms with van der Waals surface area (Å²) in [4.78, 5) is 0. The Balaban J connectivity index is 2.09. The lowest BCUT2D eigenvalue weighted by atomic mass is 9.91. The topological polar surface area (TPSA) is 40.5 Å². The Kier molecular flexibility index (Phi) is 4.61. The van der Waals surface area contributed by atoms with Gasteiger partial charge in [-0.2, -0.15) is 0 Å². The molecule has 0 atom stereocenters. The van der Waals surface area contributed by atoms with Gasteiger partial charge < -0.3 is 10.2 Å². The van der Waals surface area contributed by atoms with Crippen molar-refractivity contribution in [1.82, 2.24) is 0 Å². The molecule has 0 aliphatic rings. The minimum atomic E-state index is -0.609. The summed E-state index contributed by atoms with van der Waals surface area (Å²) in [5, 5.41) is 22.2. The highest BCUT2D eigenvalue weighted by atomic mass is 35.5. The van der Waals surface area contributed by atoms with Crippen molar-refractivity contribution in [1.29, 1.82) is 0 Å². The number of phenols is 2. The molecule has 0 amide bonds. The minimum absolute atomic E-state index is 0.140. The highest BCUT2D eigenvalue weighted by molar-refractivity contribution is 6.31. The van der Waals surface area contributed by atoms with Crippen molar-refractivity contribution in [3.8, 4) is 33.8 Å². The molecule has 0 fully saturated rings. The largest absolute Gasteiger partial charge is 0.507 e. The van der Waals surface area contributed by atoms with Gasteiger partial charge in [-0.3, -0.25) is 0 Å². The van der Waals surface area contributed by atoms with Gasteiger partial charge in [0.25, 0.3) is 0 Å². The average Bonchev–Trinajstić information content (AvgIpc) is 2.63. The zero-order valence-electron chi connectivity index (χ0n) is 14.2. The van der Waals surface area contributed by atoms with Crippen LogP contribution in [0.25, 0.3) is 33.0 Å². The molecule has 140 valence electrons. The first-order chi connectivity index (χ1) is 13.4. The highest BCUT2D eigenvalue weighted by Crippen LogP contribution is 2.44. The van der Waals surface area contributed by atoms with Crippen LogP contribution in [0.3, 0.4) is 0 Å². The molecule has 0 aliphatic carbocycles. The fraction of sp³-hybridized carbons (Fsp3) is 0. The van der Waals surface area contributed by atoms with E-state index < -0.39 is 11.6 Å². The van der Waals surface area contributed by atoms with Gasteiger partial charge in [-0.15, -0.1) is 0 Å². The van der Waals surface area contributed by atoms with Crippen LogP contribution in [0.15, 0.2) is 60.7 Å². The Bertz CT molecular complexity index is 1140. The summed E-state index contributed by atoms with van der Waals surface area (Å²) in [6.45, 7) is 0. The Morgan fingerprint density at radius 2 is 0.964 bits per heavy atom. The van der Waals surface area contributed by atoms with Crippen LogP contribution >= 0.6 is 23.2 Å². The summed E-state index contributed by atoms with van der Waals surface area (Å²) in [5.41, 5.74) is 0.728. The number of rotatable bonds is 2. The monoisotopic (exact) mass is 416 g/mol. The Morgan fingerprint density at radius 1 is 0.571 bits per heavy atom. The number of aromatic hydroxyl groups is 2. The van der Waals surface area contributed by atoms with Gasteiger partial charge in [0.15, 0.2) is 0 Å². The van der Waals surface area contributed by atoms with Crippen molar-refractivity contribution < 1.29 is 19.0 Å². The molecule has 4 aromatic carbocycles. The van der Waals surface area contributed by atoms with Crippen LogP contribution < -0.4 is 0 Å². The fourth-order valence-corrected chi connectivity index (χ4v) is 3.65. The molecule has 0 saturated carbocycles. The molecule has 4 rings (SSSR count). The molecule has 2 N–H and O–H groups in total. The number of phenolic OH excluding ortho intramolecular Hbond substituents is 2. The molecule has 0 heterocycles. The maximum Gasteiger partial charge on any atom is 0.132 e. The second-order valence-electron chi connectivity index (χ2n) is 6.26. The average molecular weight is 417 g/mol. The van der Waals surface area contributed by atoms with Gasteiger partial charge >= 0.3 is 0 Å². The van der Waals surface area contributed by atoms with Gasteiger partial charge in [0, 0.05) is 32.3 Å². The van der Waals surface area contributed by atoms with E-state index in [1.807, 2.05) is 0 Å². The van der Waals surface area contributed by atoms with Crippen molar-refractivity contribution in [3.05, 3.63) is 82.3 Å². The van der Waals surface area contributed by atoms with Crippen molar-refractivity contribution in [2.24, 2.45) is 0 Å². The molecule has 4 aromatic rings. The van der Waals surface area contributed by atoms with Gasteiger partial charge in [0.1, 0.15) is 23.1 Å². The van der Waals surface area contributed by atoms with Crippen molar-refractivity contribution in [2.75, 3.05) is 0 Å². The molecule has 0 radical (unpaired) electrons. The number of hydrogen-bond donors (Lipinski definition) is 2. The molecular formula is C22H12Cl2F2O2.